The van der Waals surface area contributed by atoms with Crippen LogP contribution >= 0.6 is 0 Å². The zero-order chi connectivity index (χ0) is 16.5. The van der Waals surface area contributed by atoms with E-state index in [1.807, 2.05) is 25.1 Å². The van der Waals surface area contributed by atoms with Crippen molar-refractivity contribution < 1.29 is 45.6 Å². The van der Waals surface area contributed by atoms with Crippen LogP contribution in [0.5, 0.6) is 0 Å². The fourth-order valence-electron chi connectivity index (χ4n) is 3.29. The number of aromatic nitrogens is 1. The first-order chi connectivity index (χ1) is 10.2. The molecule has 2 aliphatic heterocycles. The molecule has 136 valence electrons. The minimum atomic E-state index is -1.49. The molecule has 1 aromatic heterocycles. The number of fused-ring (bicyclic) bond motifs is 2. The summed E-state index contributed by atoms with van der Waals surface area (Å²) in [6, 6.07) is 5.86. The van der Waals surface area contributed by atoms with Gasteiger partial charge in [0, 0.05) is 22.7 Å². The Morgan fingerprint density at radius 3 is 1.83 bits per heavy atom. The van der Waals surface area contributed by atoms with Gasteiger partial charge in [-0.1, -0.05) is 19.9 Å². The molecule has 3 heterocycles. The third kappa shape index (κ3) is 3.39. The summed E-state index contributed by atoms with van der Waals surface area (Å²) < 4.78 is 5.38. The number of pyridine rings is 1. The minimum absolute atomic E-state index is 0. The fourth-order valence-corrected chi connectivity index (χ4v) is 3.29. The van der Waals surface area contributed by atoms with Gasteiger partial charge in [-0.2, -0.15) is 0 Å². The zero-order valence-electron chi connectivity index (χ0n) is 13.9. The number of carboxylic acids is 2. The van der Waals surface area contributed by atoms with Crippen molar-refractivity contribution in [2.45, 2.75) is 45.8 Å². The van der Waals surface area contributed by atoms with Crippen molar-refractivity contribution in [3.63, 3.8) is 0 Å². The molecule has 8 heteroatoms. The first kappa shape index (κ1) is 22.7. The van der Waals surface area contributed by atoms with Gasteiger partial charge >= 0.3 is 21.1 Å². The molecular weight excluding hydrogens is 495 g/mol. The van der Waals surface area contributed by atoms with E-state index in [0.29, 0.717) is 12.8 Å². The van der Waals surface area contributed by atoms with Crippen LogP contribution in [0.3, 0.4) is 0 Å². The minimum Gasteiger partial charge on any atom is -0.549 e. The van der Waals surface area contributed by atoms with Gasteiger partial charge in [0.25, 0.3) is 0 Å². The van der Waals surface area contributed by atoms with E-state index in [1.165, 1.54) is 13.8 Å². The second-order valence-corrected chi connectivity index (χ2v) is 6.14. The molecule has 0 aliphatic carbocycles. The Balaban J connectivity index is 0.000000504. The van der Waals surface area contributed by atoms with Crippen molar-refractivity contribution in [2.75, 3.05) is 0 Å². The summed E-state index contributed by atoms with van der Waals surface area (Å²) in [6.07, 6.45) is 1.77. The molecule has 2 fully saturated rings. The second kappa shape index (κ2) is 8.19. The van der Waals surface area contributed by atoms with Crippen LogP contribution in [-0.4, -0.2) is 29.1 Å². The molecule has 3 rings (SSSR count). The van der Waals surface area contributed by atoms with Gasteiger partial charge in [0.2, 0.25) is 0 Å². The van der Waals surface area contributed by atoms with Gasteiger partial charge in [-0.3, -0.25) is 4.98 Å². The van der Waals surface area contributed by atoms with Crippen LogP contribution in [0.1, 0.15) is 32.4 Å². The number of ether oxygens (including phenoxy) is 1. The number of carboxylic acid groups (broad SMARTS) is 2. The van der Waals surface area contributed by atoms with Crippen molar-refractivity contribution >= 4 is 11.9 Å². The largest absolute Gasteiger partial charge is 2.00 e. The van der Waals surface area contributed by atoms with Crippen molar-refractivity contribution in [1.29, 1.82) is 0 Å². The molecule has 2 bridgehead atoms. The molecule has 2 aliphatic rings. The van der Waals surface area contributed by atoms with E-state index in [9.17, 15) is 19.8 Å². The number of hydrogen-bond acceptors (Lipinski definition) is 7. The Morgan fingerprint density at radius 1 is 1.12 bits per heavy atom. The Labute approximate surface area is 155 Å². The maximum Gasteiger partial charge on any atom is 2.00 e. The van der Waals surface area contributed by atoms with Crippen LogP contribution in [0.25, 0.3) is 0 Å². The number of rotatable bonds is 2. The van der Waals surface area contributed by atoms with Gasteiger partial charge in [0.05, 0.1) is 24.1 Å². The topological polar surface area (TPSA) is 137 Å². The molecule has 0 radical (unpaired) electrons. The van der Waals surface area contributed by atoms with Crippen molar-refractivity contribution in [1.82, 2.24) is 11.1 Å². The Morgan fingerprint density at radius 2 is 1.58 bits per heavy atom. The van der Waals surface area contributed by atoms with Crippen LogP contribution in [0, 0.1) is 17.8 Å². The molecule has 4 atom stereocenters. The summed E-state index contributed by atoms with van der Waals surface area (Å²) in [4.78, 5) is 26.3. The molecule has 0 amide bonds. The van der Waals surface area contributed by atoms with Crippen LogP contribution in [0.2, 0.25) is 0 Å². The average molecular weight is 517 g/mol. The van der Waals surface area contributed by atoms with Gasteiger partial charge in [0.1, 0.15) is 0 Å². The number of aliphatic carboxylic acids is 2. The van der Waals surface area contributed by atoms with E-state index < -0.39 is 35.0 Å². The molecule has 7 nitrogen and oxygen atoms in total. The third-order valence-electron chi connectivity index (χ3n) is 5.05. The third-order valence-corrected chi connectivity index (χ3v) is 5.05. The van der Waals surface area contributed by atoms with E-state index in [-0.39, 0.29) is 27.2 Å². The smallest absolute Gasteiger partial charge is 0.549 e. The number of aryl methyl sites for hydroxylation is 1. The summed E-state index contributed by atoms with van der Waals surface area (Å²) in [7, 11) is 0. The second-order valence-electron chi connectivity index (χ2n) is 6.14. The molecule has 2 saturated heterocycles. The van der Waals surface area contributed by atoms with Gasteiger partial charge in [-0.05, 0) is 31.9 Å². The van der Waals surface area contributed by atoms with Crippen molar-refractivity contribution in [3.8, 4) is 0 Å². The zero-order valence-corrected chi connectivity index (χ0v) is 16.2. The van der Waals surface area contributed by atoms with Crippen LogP contribution < -0.4 is 16.4 Å². The van der Waals surface area contributed by atoms with Crippen LogP contribution in [0.15, 0.2) is 24.4 Å². The van der Waals surface area contributed by atoms with E-state index >= 15 is 0 Å². The number of carbonyl (C=O) groups is 2. The van der Waals surface area contributed by atoms with Crippen LogP contribution in [0.4, 0.5) is 0 Å². The Kier molecular flexibility index (Phi) is 7.74. The summed E-state index contributed by atoms with van der Waals surface area (Å²) in [5, 5.41) is 22.3. The number of nitrogens with zero attached hydrogens (tertiary/aromatic N) is 1. The molecular formula is C16H22N2O5Pt. The summed E-state index contributed by atoms with van der Waals surface area (Å²) >= 11 is 0. The predicted octanol–water partition coefficient (Wildman–Crippen LogP) is -0.390. The summed E-state index contributed by atoms with van der Waals surface area (Å²) in [5.74, 6) is -2.75. The first-order valence-corrected chi connectivity index (χ1v) is 7.20. The van der Waals surface area contributed by atoms with Crippen molar-refractivity contribution in [3.05, 3.63) is 30.1 Å². The molecule has 0 saturated carbocycles. The van der Waals surface area contributed by atoms with E-state index in [1.54, 1.807) is 6.20 Å². The SMILES string of the molecule is CC1(C(=O)[O-])C2CCC(O2)C1(C)C(=O)[O-].Cc1ccccn1.N.[Pt+2]. The fraction of sp³-hybridized carbons (Fsp3) is 0.562. The Hall–Kier alpha value is -1.30. The first-order valence-electron chi connectivity index (χ1n) is 7.20. The monoisotopic (exact) mass is 517 g/mol. The van der Waals surface area contributed by atoms with E-state index in [4.69, 9.17) is 4.74 Å². The van der Waals surface area contributed by atoms with E-state index in [0.717, 1.165) is 5.69 Å². The standard InChI is InChI=1S/C10H14O5.C6H7N.H3N.Pt/c1-9(7(11)12)5-3-4-6(15-5)10(9,2)8(13)14;1-6-4-2-3-5-7-6;;/h5-6H,3-4H2,1-2H3,(H,11,12)(H,13,14);2-5H,1H3;1H3;/q;;;+2/p-2. The molecule has 24 heavy (non-hydrogen) atoms. The number of hydrogen-bond donors (Lipinski definition) is 1. The van der Waals surface area contributed by atoms with Crippen LogP contribution in [-0.2, 0) is 35.4 Å². The Bertz CT molecular complexity index is 553. The molecule has 4 unspecified atom stereocenters. The number of carbonyl (C=O) groups excluding carboxylic acids is 2. The van der Waals surface area contributed by atoms with E-state index in [2.05, 4.69) is 4.98 Å². The van der Waals surface area contributed by atoms with Gasteiger partial charge in [0.15, 0.2) is 0 Å². The maximum absolute atomic E-state index is 11.2. The maximum atomic E-state index is 11.2. The quantitative estimate of drug-likeness (QED) is 0.564. The predicted molar refractivity (Wildman–Crippen MR) is 78.1 cm³/mol. The molecule has 3 N–H and O–H groups in total. The van der Waals surface area contributed by atoms with Crippen molar-refractivity contribution in [2.24, 2.45) is 10.8 Å². The van der Waals surface area contributed by atoms with Gasteiger partial charge in [-0.15, -0.1) is 0 Å². The molecule has 1 aromatic rings. The van der Waals surface area contributed by atoms with Gasteiger partial charge < -0.3 is 30.7 Å². The summed E-state index contributed by atoms with van der Waals surface area (Å²) in [6.45, 7) is 4.73. The average Bonchev–Trinajstić information content (AvgIpc) is 3.03. The van der Waals surface area contributed by atoms with Gasteiger partial charge in [-0.25, -0.2) is 0 Å². The molecule has 0 spiro atoms. The summed E-state index contributed by atoms with van der Waals surface area (Å²) in [5.41, 5.74) is -1.91. The normalized spacial score (nSPS) is 32.6. The molecule has 0 aromatic carbocycles.